The van der Waals surface area contributed by atoms with Gasteiger partial charge in [0.2, 0.25) is 5.91 Å². The van der Waals surface area contributed by atoms with Gasteiger partial charge in [0, 0.05) is 17.3 Å². The molecule has 1 unspecified atom stereocenters. The highest BCUT2D eigenvalue weighted by molar-refractivity contribution is 6.31. The Morgan fingerprint density at radius 1 is 1.47 bits per heavy atom. The number of halogens is 1. The third-order valence-corrected chi connectivity index (χ3v) is 3.95. The summed E-state index contributed by atoms with van der Waals surface area (Å²) in [6.45, 7) is 5.75. The van der Waals surface area contributed by atoms with E-state index >= 15 is 0 Å². The Morgan fingerprint density at radius 2 is 2.26 bits per heavy atom. The Balaban J connectivity index is 2.14. The largest absolute Gasteiger partial charge is 0.311 e. The molecule has 104 valence electrons. The second-order valence-electron chi connectivity index (χ2n) is 5.07. The minimum Gasteiger partial charge on any atom is -0.311 e. The van der Waals surface area contributed by atoms with E-state index in [4.69, 9.17) is 11.6 Å². The molecule has 1 aliphatic heterocycles. The highest BCUT2D eigenvalue weighted by Crippen LogP contribution is 2.26. The predicted octanol–water partition coefficient (Wildman–Crippen LogP) is 3.14. The third kappa shape index (κ3) is 3.28. The molecule has 0 aliphatic carbocycles. The van der Waals surface area contributed by atoms with Crippen molar-refractivity contribution in [1.82, 2.24) is 5.32 Å². The molecule has 1 heterocycles. The Labute approximate surface area is 119 Å². The van der Waals surface area contributed by atoms with Crippen molar-refractivity contribution >= 4 is 23.2 Å². The van der Waals surface area contributed by atoms with Crippen molar-refractivity contribution in [2.24, 2.45) is 0 Å². The molecule has 1 saturated heterocycles. The summed E-state index contributed by atoms with van der Waals surface area (Å²) in [5.74, 6) is 0.166. The van der Waals surface area contributed by atoms with E-state index in [1.54, 1.807) is 0 Å². The van der Waals surface area contributed by atoms with Gasteiger partial charge in [-0.3, -0.25) is 4.79 Å². The monoisotopic (exact) mass is 280 g/mol. The molecule has 1 atom stereocenters. The van der Waals surface area contributed by atoms with Crippen LogP contribution in [0.5, 0.6) is 0 Å². The summed E-state index contributed by atoms with van der Waals surface area (Å²) < 4.78 is 0. The number of amides is 1. The van der Waals surface area contributed by atoms with Crippen LogP contribution in [0.1, 0.15) is 31.7 Å². The number of nitrogens with one attached hydrogen (secondary N) is 1. The summed E-state index contributed by atoms with van der Waals surface area (Å²) >= 11 is 6.15. The van der Waals surface area contributed by atoms with Gasteiger partial charge in [0.25, 0.3) is 0 Å². The molecule has 1 amide bonds. The zero-order valence-corrected chi connectivity index (χ0v) is 12.3. The Hall–Kier alpha value is -1.06. The molecule has 0 saturated carbocycles. The fourth-order valence-corrected chi connectivity index (χ4v) is 2.56. The van der Waals surface area contributed by atoms with Crippen molar-refractivity contribution in [1.29, 1.82) is 0 Å². The van der Waals surface area contributed by atoms with Gasteiger partial charge in [-0.25, -0.2) is 0 Å². The summed E-state index contributed by atoms with van der Waals surface area (Å²) in [5.41, 5.74) is 1.94. The molecule has 1 N–H and O–H groups in total. The van der Waals surface area contributed by atoms with E-state index in [9.17, 15) is 4.79 Å². The zero-order valence-electron chi connectivity index (χ0n) is 11.6. The van der Waals surface area contributed by atoms with Gasteiger partial charge in [-0.05, 0) is 50.4 Å². The lowest BCUT2D eigenvalue weighted by Gasteiger charge is -2.33. The zero-order chi connectivity index (χ0) is 13.8. The molecular formula is C15H21ClN2O. The summed E-state index contributed by atoms with van der Waals surface area (Å²) in [6, 6.07) is 5.78. The molecule has 19 heavy (non-hydrogen) atoms. The molecule has 1 aromatic rings. The van der Waals surface area contributed by atoms with Gasteiger partial charge in [-0.1, -0.05) is 24.6 Å². The van der Waals surface area contributed by atoms with Gasteiger partial charge >= 0.3 is 0 Å². The quantitative estimate of drug-likeness (QED) is 0.919. The molecule has 3 nitrogen and oxygen atoms in total. The first kappa shape index (κ1) is 14.4. The molecular weight excluding hydrogens is 260 g/mol. The molecule has 1 aromatic carbocycles. The average molecular weight is 281 g/mol. The number of carbonyl (C=O) groups is 1. The van der Waals surface area contributed by atoms with Crippen LogP contribution in [0, 0.1) is 6.92 Å². The Kier molecular flexibility index (Phi) is 4.83. The van der Waals surface area contributed by atoms with Gasteiger partial charge in [-0.2, -0.15) is 0 Å². The van der Waals surface area contributed by atoms with Crippen LogP contribution in [-0.2, 0) is 4.79 Å². The second kappa shape index (κ2) is 6.40. The van der Waals surface area contributed by atoms with Crippen LogP contribution in [-0.4, -0.2) is 25.0 Å². The SMILES string of the molecule is CCCNC1CCCN(c2ccc(C)c(Cl)c2)C1=O. The lowest BCUT2D eigenvalue weighted by molar-refractivity contribution is -0.121. The smallest absolute Gasteiger partial charge is 0.244 e. The maximum atomic E-state index is 12.4. The van der Waals surface area contributed by atoms with Crippen LogP contribution < -0.4 is 10.2 Å². The van der Waals surface area contributed by atoms with Crippen molar-refractivity contribution in [2.75, 3.05) is 18.0 Å². The Morgan fingerprint density at radius 3 is 2.95 bits per heavy atom. The van der Waals surface area contributed by atoms with E-state index in [1.807, 2.05) is 30.0 Å². The highest BCUT2D eigenvalue weighted by Gasteiger charge is 2.29. The van der Waals surface area contributed by atoms with E-state index < -0.39 is 0 Å². The van der Waals surface area contributed by atoms with Crippen LogP contribution in [0.25, 0.3) is 0 Å². The number of rotatable bonds is 4. The molecule has 0 bridgehead atoms. The molecule has 0 radical (unpaired) electrons. The number of anilines is 1. The highest BCUT2D eigenvalue weighted by atomic mass is 35.5. The summed E-state index contributed by atoms with van der Waals surface area (Å²) in [6.07, 6.45) is 2.99. The third-order valence-electron chi connectivity index (χ3n) is 3.55. The second-order valence-corrected chi connectivity index (χ2v) is 5.48. The minimum absolute atomic E-state index is 0.0474. The predicted molar refractivity (Wildman–Crippen MR) is 79.9 cm³/mol. The van der Waals surface area contributed by atoms with Crippen molar-refractivity contribution in [3.8, 4) is 0 Å². The summed E-state index contributed by atoms with van der Waals surface area (Å²) in [4.78, 5) is 14.3. The van der Waals surface area contributed by atoms with Crippen molar-refractivity contribution in [3.63, 3.8) is 0 Å². The molecule has 0 aromatic heterocycles. The normalized spacial score (nSPS) is 19.8. The molecule has 1 fully saturated rings. The number of hydrogen-bond acceptors (Lipinski definition) is 2. The molecule has 0 spiro atoms. The Bertz CT molecular complexity index is 461. The van der Waals surface area contributed by atoms with E-state index in [2.05, 4.69) is 12.2 Å². The van der Waals surface area contributed by atoms with E-state index in [1.165, 1.54) is 0 Å². The fourth-order valence-electron chi connectivity index (χ4n) is 2.39. The first-order valence-electron chi connectivity index (χ1n) is 6.94. The standard InChI is InChI=1S/C15H21ClN2O/c1-3-8-17-14-5-4-9-18(15(14)19)12-7-6-11(2)13(16)10-12/h6-7,10,14,17H,3-5,8-9H2,1-2H3. The first-order chi connectivity index (χ1) is 9.13. The molecule has 4 heteroatoms. The molecule has 2 rings (SSSR count). The average Bonchev–Trinajstić information content (AvgIpc) is 2.41. The van der Waals surface area contributed by atoms with Crippen LogP contribution in [0.3, 0.4) is 0 Å². The molecule has 1 aliphatic rings. The minimum atomic E-state index is -0.0474. The summed E-state index contributed by atoms with van der Waals surface area (Å²) in [5, 5.41) is 4.04. The summed E-state index contributed by atoms with van der Waals surface area (Å²) in [7, 11) is 0. The van der Waals surface area contributed by atoms with Crippen molar-refractivity contribution in [3.05, 3.63) is 28.8 Å². The topological polar surface area (TPSA) is 32.3 Å². The van der Waals surface area contributed by atoms with E-state index in [0.29, 0.717) is 5.02 Å². The van der Waals surface area contributed by atoms with Crippen LogP contribution in [0.15, 0.2) is 18.2 Å². The van der Waals surface area contributed by atoms with Gasteiger partial charge in [-0.15, -0.1) is 0 Å². The van der Waals surface area contributed by atoms with Crippen LogP contribution in [0.4, 0.5) is 5.69 Å². The number of benzene rings is 1. The van der Waals surface area contributed by atoms with Crippen LogP contribution >= 0.6 is 11.6 Å². The number of hydrogen-bond donors (Lipinski definition) is 1. The van der Waals surface area contributed by atoms with Crippen LogP contribution in [0.2, 0.25) is 5.02 Å². The number of nitrogens with zero attached hydrogens (tertiary/aromatic N) is 1. The van der Waals surface area contributed by atoms with Gasteiger partial charge in [0.05, 0.1) is 6.04 Å². The van der Waals surface area contributed by atoms with Gasteiger partial charge in [0.1, 0.15) is 0 Å². The van der Waals surface area contributed by atoms with Gasteiger partial charge in [0.15, 0.2) is 0 Å². The van der Waals surface area contributed by atoms with Gasteiger partial charge < -0.3 is 10.2 Å². The number of piperidine rings is 1. The maximum Gasteiger partial charge on any atom is 0.244 e. The van der Waals surface area contributed by atoms with Crippen molar-refractivity contribution in [2.45, 2.75) is 39.2 Å². The number of aryl methyl sites for hydroxylation is 1. The van der Waals surface area contributed by atoms with E-state index in [-0.39, 0.29) is 11.9 Å². The fraction of sp³-hybridized carbons (Fsp3) is 0.533. The lowest BCUT2D eigenvalue weighted by atomic mass is 10.0. The first-order valence-corrected chi connectivity index (χ1v) is 7.32. The lowest BCUT2D eigenvalue weighted by Crippen LogP contribution is -2.51. The van der Waals surface area contributed by atoms with Crippen molar-refractivity contribution < 1.29 is 4.79 Å². The number of carbonyl (C=O) groups excluding carboxylic acids is 1. The van der Waals surface area contributed by atoms with E-state index in [0.717, 1.165) is 43.6 Å². The maximum absolute atomic E-state index is 12.4.